The van der Waals surface area contributed by atoms with Crippen molar-refractivity contribution in [1.82, 2.24) is 14.8 Å². The number of anilines is 1. The molecule has 2 aromatic heterocycles. The fourth-order valence-electron chi connectivity index (χ4n) is 3.29. The Morgan fingerprint density at radius 2 is 2.30 bits per heavy atom. The van der Waals surface area contributed by atoms with Gasteiger partial charge < -0.3 is 15.4 Å². The van der Waals surface area contributed by atoms with Gasteiger partial charge in [0, 0.05) is 9.98 Å². The third-order valence-corrected chi connectivity index (χ3v) is 6.02. The van der Waals surface area contributed by atoms with Crippen LogP contribution in [0, 0.1) is 32.8 Å². The molecule has 1 N–H and O–H groups in total. The van der Waals surface area contributed by atoms with Gasteiger partial charge in [0.15, 0.2) is 0 Å². The van der Waals surface area contributed by atoms with Crippen LogP contribution < -0.4 is 5.32 Å². The van der Waals surface area contributed by atoms with Crippen LogP contribution in [0.25, 0.3) is 0 Å². The molecule has 1 atom stereocenters. The largest absolute Gasteiger partial charge is 0.490 e. The Hall–Kier alpha value is -2.80. The number of nitrogens with zero attached hydrogens (tertiary/aromatic N) is 5. The van der Waals surface area contributed by atoms with E-state index in [-0.39, 0.29) is 12.0 Å². The number of nitrogens with one attached hydrogen (secondary N) is 1. The number of hydrogen-bond acceptors (Lipinski definition) is 7. The maximum atomic E-state index is 12.3. The molecule has 0 unspecified atom stereocenters. The molecule has 1 aliphatic rings. The van der Waals surface area contributed by atoms with Gasteiger partial charge in [0.1, 0.15) is 17.6 Å². The summed E-state index contributed by atoms with van der Waals surface area (Å²) < 4.78 is 1.10. The van der Waals surface area contributed by atoms with E-state index in [2.05, 4.69) is 42.2 Å². The zero-order valence-corrected chi connectivity index (χ0v) is 16.2. The first-order valence-electron chi connectivity index (χ1n) is 8.57. The molecule has 9 nitrogen and oxygen atoms in total. The standard InChI is InChI=1S/C17H20N6O3S/c1-17(2,3)10-4-5-11-12(7-18)15(27-13(11)6-10)20-14(24)8-22-9-19-16(21-22)23(25)26/h9-10H,4-6,8H2,1-3H3,(H,20,24)/t10-/m1/s1. The fraction of sp³-hybridized carbons (Fsp3) is 0.529. The third kappa shape index (κ3) is 3.98. The zero-order chi connectivity index (χ0) is 19.8. The Morgan fingerprint density at radius 1 is 1.56 bits per heavy atom. The Kier molecular flexibility index (Phi) is 4.97. The lowest BCUT2D eigenvalue weighted by Gasteiger charge is -2.33. The molecule has 0 bridgehead atoms. The fourth-order valence-corrected chi connectivity index (χ4v) is 4.58. The summed E-state index contributed by atoms with van der Waals surface area (Å²) in [5.41, 5.74) is 1.76. The SMILES string of the molecule is CC(C)(C)[C@@H]1CCc2c(sc(NC(=O)Cn3cnc([N+](=O)[O-])n3)c2C#N)C1. The van der Waals surface area contributed by atoms with Gasteiger partial charge in [0.25, 0.3) is 0 Å². The van der Waals surface area contributed by atoms with Gasteiger partial charge in [-0.15, -0.1) is 11.3 Å². The number of rotatable bonds is 4. The van der Waals surface area contributed by atoms with Gasteiger partial charge >= 0.3 is 5.95 Å². The van der Waals surface area contributed by atoms with Crippen LogP contribution in [-0.2, 0) is 24.2 Å². The van der Waals surface area contributed by atoms with Crippen molar-refractivity contribution in [2.75, 3.05) is 5.32 Å². The summed E-state index contributed by atoms with van der Waals surface area (Å²) in [6.45, 7) is 6.46. The second-order valence-corrected chi connectivity index (χ2v) is 8.78. The lowest BCUT2D eigenvalue weighted by Crippen LogP contribution is -2.26. The molecular formula is C17H20N6O3S. The molecule has 10 heteroatoms. The first-order chi connectivity index (χ1) is 12.7. The number of nitro groups is 1. The summed E-state index contributed by atoms with van der Waals surface area (Å²) >= 11 is 1.45. The van der Waals surface area contributed by atoms with E-state index in [1.807, 2.05) is 0 Å². The predicted octanol–water partition coefficient (Wildman–Crippen LogP) is 2.91. The minimum atomic E-state index is -0.721. The molecule has 0 aliphatic heterocycles. The maximum Gasteiger partial charge on any atom is 0.490 e. The smallest absolute Gasteiger partial charge is 0.390 e. The van der Waals surface area contributed by atoms with Crippen molar-refractivity contribution < 1.29 is 9.72 Å². The molecule has 0 spiro atoms. The molecule has 0 radical (unpaired) electrons. The van der Waals surface area contributed by atoms with Gasteiger partial charge in [-0.2, -0.15) is 9.94 Å². The van der Waals surface area contributed by atoms with Crippen molar-refractivity contribution in [2.24, 2.45) is 11.3 Å². The number of carbonyl (C=O) groups is 1. The number of thiophene rings is 1. The quantitative estimate of drug-likeness (QED) is 0.634. The summed E-state index contributed by atoms with van der Waals surface area (Å²) in [6, 6.07) is 2.22. The average Bonchev–Trinajstić information content (AvgIpc) is 3.17. The van der Waals surface area contributed by atoms with E-state index >= 15 is 0 Å². The van der Waals surface area contributed by atoms with Crippen LogP contribution in [0.3, 0.4) is 0 Å². The van der Waals surface area contributed by atoms with Crippen LogP contribution in [0.15, 0.2) is 6.33 Å². The number of nitriles is 1. The Balaban J connectivity index is 1.75. The van der Waals surface area contributed by atoms with Crippen molar-refractivity contribution in [3.8, 4) is 6.07 Å². The third-order valence-electron chi connectivity index (χ3n) is 4.85. The molecule has 0 saturated carbocycles. The van der Waals surface area contributed by atoms with E-state index in [4.69, 9.17) is 0 Å². The summed E-state index contributed by atoms with van der Waals surface area (Å²) in [4.78, 5) is 26.9. The van der Waals surface area contributed by atoms with Gasteiger partial charge in [-0.1, -0.05) is 25.8 Å². The summed E-state index contributed by atoms with van der Waals surface area (Å²) in [6.07, 6.45) is 3.90. The van der Waals surface area contributed by atoms with Crippen molar-refractivity contribution in [1.29, 1.82) is 5.26 Å². The van der Waals surface area contributed by atoms with Gasteiger partial charge in [0.05, 0.1) is 5.56 Å². The number of amides is 1. The van der Waals surface area contributed by atoms with Crippen molar-refractivity contribution in [3.63, 3.8) is 0 Å². The molecule has 0 aromatic carbocycles. The topological polar surface area (TPSA) is 127 Å². The van der Waals surface area contributed by atoms with Crippen LogP contribution in [0.5, 0.6) is 0 Å². The van der Waals surface area contributed by atoms with Gasteiger partial charge in [-0.25, -0.2) is 0 Å². The average molecular weight is 388 g/mol. The Labute approximate surface area is 160 Å². The second-order valence-electron chi connectivity index (χ2n) is 7.67. The lowest BCUT2D eigenvalue weighted by atomic mass is 9.72. The van der Waals surface area contributed by atoms with Crippen molar-refractivity contribution in [2.45, 2.75) is 46.6 Å². The molecule has 2 aromatic rings. The van der Waals surface area contributed by atoms with Crippen molar-refractivity contribution in [3.05, 3.63) is 32.4 Å². The van der Waals surface area contributed by atoms with E-state index in [1.165, 1.54) is 11.3 Å². The molecule has 1 aliphatic carbocycles. The highest BCUT2D eigenvalue weighted by molar-refractivity contribution is 7.16. The van der Waals surface area contributed by atoms with E-state index in [9.17, 15) is 20.2 Å². The predicted molar refractivity (Wildman–Crippen MR) is 99.3 cm³/mol. The van der Waals surface area contributed by atoms with Gasteiger partial charge in [-0.05, 0) is 41.1 Å². The molecule has 3 rings (SSSR count). The number of hydrogen-bond donors (Lipinski definition) is 1. The molecule has 0 saturated heterocycles. The lowest BCUT2D eigenvalue weighted by molar-refractivity contribution is -0.394. The summed E-state index contributed by atoms with van der Waals surface area (Å²) in [7, 11) is 0. The van der Waals surface area contributed by atoms with Crippen LogP contribution in [0.2, 0.25) is 0 Å². The van der Waals surface area contributed by atoms with Gasteiger partial charge in [-0.3, -0.25) is 4.79 Å². The number of carbonyl (C=O) groups excluding carboxylic acids is 1. The normalized spacial score (nSPS) is 16.4. The van der Waals surface area contributed by atoms with E-state index in [0.29, 0.717) is 16.5 Å². The Morgan fingerprint density at radius 3 is 2.89 bits per heavy atom. The first-order valence-corrected chi connectivity index (χ1v) is 9.39. The van der Waals surface area contributed by atoms with E-state index < -0.39 is 16.8 Å². The number of fused-ring (bicyclic) bond motifs is 1. The molecular weight excluding hydrogens is 368 g/mol. The van der Waals surface area contributed by atoms with Crippen molar-refractivity contribution >= 4 is 28.2 Å². The Bertz CT molecular complexity index is 934. The minimum absolute atomic E-state index is 0.194. The molecule has 0 fully saturated rings. The highest BCUT2D eigenvalue weighted by Crippen LogP contribution is 2.43. The van der Waals surface area contributed by atoms with Crippen LogP contribution in [-0.4, -0.2) is 25.6 Å². The van der Waals surface area contributed by atoms with Crippen LogP contribution in [0.1, 0.15) is 43.2 Å². The first kappa shape index (κ1) is 19.0. The summed E-state index contributed by atoms with van der Waals surface area (Å²) in [5, 5.41) is 27.1. The van der Waals surface area contributed by atoms with Gasteiger partial charge in [0.2, 0.25) is 12.2 Å². The summed E-state index contributed by atoms with van der Waals surface area (Å²) in [5.74, 6) is -0.424. The van der Waals surface area contributed by atoms with Crippen LogP contribution in [0.4, 0.5) is 10.9 Å². The molecule has 1 amide bonds. The minimum Gasteiger partial charge on any atom is -0.390 e. The monoisotopic (exact) mass is 388 g/mol. The van der Waals surface area contributed by atoms with E-state index in [1.54, 1.807) is 0 Å². The van der Waals surface area contributed by atoms with Crippen LogP contribution >= 0.6 is 11.3 Å². The van der Waals surface area contributed by atoms with E-state index in [0.717, 1.165) is 40.7 Å². The molecule has 142 valence electrons. The highest BCUT2D eigenvalue weighted by Gasteiger charge is 2.32. The maximum absolute atomic E-state index is 12.3. The number of aromatic nitrogens is 3. The molecule has 27 heavy (non-hydrogen) atoms. The zero-order valence-electron chi connectivity index (χ0n) is 15.4. The highest BCUT2D eigenvalue weighted by atomic mass is 32.1. The molecule has 2 heterocycles. The second kappa shape index (κ2) is 7.08.